The molecule has 0 aliphatic heterocycles. The Bertz CT molecular complexity index is 1530. The fourth-order valence-electron chi connectivity index (χ4n) is 3.88. The Balaban J connectivity index is 1.66. The highest BCUT2D eigenvalue weighted by Crippen LogP contribution is 2.31. The number of carbonyl (C=O) groups excluding carboxylic acids is 1. The van der Waals surface area contributed by atoms with E-state index < -0.39 is 23.7 Å². The smallest absolute Gasteiger partial charge is 0.433 e. The lowest BCUT2D eigenvalue weighted by Gasteiger charge is -2.20. The number of hydrogen-bond acceptors (Lipinski definition) is 7. The Morgan fingerprint density at radius 2 is 1.81 bits per heavy atom. The van der Waals surface area contributed by atoms with Gasteiger partial charge in [-0.2, -0.15) is 18.3 Å². The number of aromatic nitrogens is 5. The molecule has 0 saturated heterocycles. The van der Waals surface area contributed by atoms with Gasteiger partial charge in [-0.25, -0.2) is 19.7 Å². The van der Waals surface area contributed by atoms with Crippen LogP contribution in [-0.2, 0) is 12.7 Å². The number of carboxylic acids is 1. The molecule has 1 amide bonds. The van der Waals surface area contributed by atoms with Crippen LogP contribution in [0.15, 0.2) is 36.5 Å². The summed E-state index contributed by atoms with van der Waals surface area (Å²) in [4.78, 5) is 38.0. The standard InChI is InChI=1S/C24H21F3N6O4/c1-12-8-14(21-28-11-16-20(30-21)13(2)9-19(29-16)24(25,26)27)4-5-17(12)32(3)22(35)18-10-15(23(36)37)31-33(18)6-7-34/h4-5,8-11,34H,6-7H2,1-3H3,(H,36,37). The molecule has 1 aromatic carbocycles. The van der Waals surface area contributed by atoms with Gasteiger partial charge in [-0.15, -0.1) is 0 Å². The number of aliphatic hydroxyl groups excluding tert-OH is 1. The van der Waals surface area contributed by atoms with Gasteiger partial charge in [0.1, 0.15) is 16.9 Å². The average molecular weight is 514 g/mol. The first-order valence-corrected chi connectivity index (χ1v) is 10.9. The molecule has 0 saturated carbocycles. The number of aliphatic hydroxyl groups is 1. The maximum atomic E-state index is 13.1. The molecule has 0 radical (unpaired) electrons. The summed E-state index contributed by atoms with van der Waals surface area (Å²) in [5.74, 6) is -1.56. The van der Waals surface area contributed by atoms with Crippen LogP contribution in [0.5, 0.6) is 0 Å². The minimum Gasteiger partial charge on any atom is -0.476 e. The summed E-state index contributed by atoms with van der Waals surface area (Å²) in [6, 6.07) is 7.11. The summed E-state index contributed by atoms with van der Waals surface area (Å²) >= 11 is 0. The maximum Gasteiger partial charge on any atom is 0.433 e. The van der Waals surface area contributed by atoms with Gasteiger partial charge in [0, 0.05) is 24.4 Å². The Kier molecular flexibility index (Phi) is 6.65. The van der Waals surface area contributed by atoms with Gasteiger partial charge in [0.25, 0.3) is 5.91 Å². The van der Waals surface area contributed by atoms with Crippen molar-refractivity contribution in [3.63, 3.8) is 0 Å². The van der Waals surface area contributed by atoms with Crippen LogP contribution >= 0.6 is 0 Å². The van der Waals surface area contributed by atoms with Gasteiger partial charge in [-0.05, 0) is 49.2 Å². The molecule has 13 heteroatoms. The lowest BCUT2D eigenvalue weighted by atomic mass is 10.1. The first-order chi connectivity index (χ1) is 17.4. The number of benzene rings is 1. The van der Waals surface area contributed by atoms with Crippen LogP contribution < -0.4 is 4.90 Å². The van der Waals surface area contributed by atoms with Crippen molar-refractivity contribution in [2.75, 3.05) is 18.6 Å². The first kappa shape index (κ1) is 25.7. The van der Waals surface area contributed by atoms with Crippen molar-refractivity contribution in [2.24, 2.45) is 0 Å². The lowest BCUT2D eigenvalue weighted by Crippen LogP contribution is -2.29. The SMILES string of the molecule is Cc1cc(-c2ncc3nc(C(F)(F)F)cc(C)c3n2)ccc1N(C)C(=O)c1cc(C(=O)O)nn1CCO. The maximum absolute atomic E-state index is 13.1. The van der Waals surface area contributed by atoms with Crippen LogP contribution in [0.3, 0.4) is 0 Å². The van der Waals surface area contributed by atoms with Gasteiger partial charge in [0.15, 0.2) is 11.5 Å². The van der Waals surface area contributed by atoms with E-state index in [-0.39, 0.29) is 35.9 Å². The molecule has 0 unspecified atom stereocenters. The summed E-state index contributed by atoms with van der Waals surface area (Å²) < 4.78 is 40.4. The number of hydrogen-bond donors (Lipinski definition) is 2. The van der Waals surface area contributed by atoms with Crippen molar-refractivity contribution in [2.45, 2.75) is 26.6 Å². The number of rotatable bonds is 6. The Hall–Kier alpha value is -4.39. The lowest BCUT2D eigenvalue weighted by molar-refractivity contribution is -0.141. The third-order valence-electron chi connectivity index (χ3n) is 5.68. The zero-order valence-electron chi connectivity index (χ0n) is 19.9. The van der Waals surface area contributed by atoms with Crippen molar-refractivity contribution in [3.8, 4) is 11.4 Å². The number of anilines is 1. The van der Waals surface area contributed by atoms with Gasteiger partial charge in [-0.1, -0.05) is 0 Å². The predicted octanol–water partition coefficient (Wildman–Crippen LogP) is 3.49. The number of aryl methyl sites for hydroxylation is 2. The zero-order chi connectivity index (χ0) is 27.1. The van der Waals surface area contributed by atoms with Gasteiger partial charge < -0.3 is 15.1 Å². The quantitative estimate of drug-likeness (QED) is 0.399. The van der Waals surface area contributed by atoms with Crippen LogP contribution in [0.25, 0.3) is 22.4 Å². The summed E-state index contributed by atoms with van der Waals surface area (Å²) in [6.07, 6.45) is -3.35. The first-order valence-electron chi connectivity index (χ1n) is 10.9. The highest BCUT2D eigenvalue weighted by Gasteiger charge is 2.33. The molecule has 0 aliphatic rings. The molecule has 0 bridgehead atoms. The Morgan fingerprint density at radius 3 is 2.43 bits per heavy atom. The molecule has 3 aromatic heterocycles. The number of aromatic carboxylic acids is 1. The third-order valence-corrected chi connectivity index (χ3v) is 5.68. The summed E-state index contributed by atoms with van der Waals surface area (Å²) in [5, 5.41) is 22.3. The zero-order valence-corrected chi connectivity index (χ0v) is 19.9. The van der Waals surface area contributed by atoms with Crippen LogP contribution in [0.4, 0.5) is 18.9 Å². The van der Waals surface area contributed by atoms with Crippen LogP contribution in [0.1, 0.15) is 37.8 Å². The second kappa shape index (κ2) is 9.58. The van der Waals surface area contributed by atoms with Crippen LogP contribution in [-0.4, -0.2) is 60.5 Å². The van der Waals surface area contributed by atoms with E-state index in [2.05, 4.69) is 20.1 Å². The molecule has 0 atom stereocenters. The monoisotopic (exact) mass is 514 g/mol. The number of fused-ring (bicyclic) bond motifs is 1. The second-order valence-electron chi connectivity index (χ2n) is 8.28. The average Bonchev–Trinajstić information content (AvgIpc) is 3.27. The number of pyridine rings is 1. The van der Waals surface area contributed by atoms with Crippen molar-refractivity contribution < 1.29 is 33.0 Å². The molecule has 192 valence electrons. The molecule has 4 aromatic rings. The van der Waals surface area contributed by atoms with Gasteiger partial charge >= 0.3 is 12.1 Å². The predicted molar refractivity (Wildman–Crippen MR) is 126 cm³/mol. The largest absolute Gasteiger partial charge is 0.476 e. The van der Waals surface area contributed by atoms with E-state index in [9.17, 15) is 33.0 Å². The third kappa shape index (κ3) is 4.98. The van der Waals surface area contributed by atoms with Crippen LogP contribution in [0, 0.1) is 13.8 Å². The normalized spacial score (nSPS) is 11.6. The number of carboxylic acid groups (broad SMARTS) is 1. The van der Waals surface area contributed by atoms with Gasteiger partial charge in [0.05, 0.1) is 24.9 Å². The number of nitrogens with zero attached hydrogens (tertiary/aromatic N) is 6. The number of alkyl halides is 3. The highest BCUT2D eigenvalue weighted by atomic mass is 19.4. The molecule has 2 N–H and O–H groups in total. The summed E-state index contributed by atoms with van der Waals surface area (Å²) in [5.41, 5.74) is 1.02. The Labute approximate surface area is 208 Å². The van der Waals surface area contributed by atoms with Gasteiger partial charge in [0.2, 0.25) is 0 Å². The molecule has 37 heavy (non-hydrogen) atoms. The Morgan fingerprint density at radius 1 is 1.08 bits per heavy atom. The van der Waals surface area contributed by atoms with E-state index in [4.69, 9.17) is 0 Å². The minimum atomic E-state index is -4.58. The number of carbonyl (C=O) groups is 2. The minimum absolute atomic E-state index is 0.00325. The summed E-state index contributed by atoms with van der Waals surface area (Å²) in [6.45, 7) is 2.87. The fraction of sp³-hybridized carbons (Fsp3) is 0.250. The second-order valence-corrected chi connectivity index (χ2v) is 8.28. The van der Waals surface area contributed by atoms with E-state index in [1.165, 1.54) is 25.1 Å². The van der Waals surface area contributed by atoms with E-state index in [1.54, 1.807) is 25.1 Å². The van der Waals surface area contributed by atoms with E-state index in [0.717, 1.165) is 16.8 Å². The van der Waals surface area contributed by atoms with Crippen molar-refractivity contribution in [3.05, 3.63) is 64.7 Å². The molecule has 10 nitrogen and oxygen atoms in total. The molecule has 0 aliphatic carbocycles. The topological polar surface area (TPSA) is 134 Å². The van der Waals surface area contributed by atoms with Crippen molar-refractivity contribution in [1.29, 1.82) is 0 Å². The van der Waals surface area contributed by atoms with Crippen molar-refractivity contribution in [1.82, 2.24) is 24.7 Å². The van der Waals surface area contributed by atoms with Gasteiger partial charge in [-0.3, -0.25) is 9.48 Å². The highest BCUT2D eigenvalue weighted by molar-refractivity contribution is 6.06. The number of amides is 1. The molecule has 0 spiro atoms. The molecule has 3 heterocycles. The molecule has 0 fully saturated rings. The van der Waals surface area contributed by atoms with Crippen molar-refractivity contribution >= 4 is 28.6 Å². The molecule has 4 rings (SSSR count). The summed E-state index contributed by atoms with van der Waals surface area (Å²) in [7, 11) is 1.51. The fourth-order valence-corrected chi connectivity index (χ4v) is 3.88. The van der Waals surface area contributed by atoms with E-state index in [1.807, 2.05) is 0 Å². The number of halogens is 3. The molecular weight excluding hydrogens is 493 g/mol. The van der Waals surface area contributed by atoms with Crippen LogP contribution in [0.2, 0.25) is 0 Å². The van der Waals surface area contributed by atoms with E-state index in [0.29, 0.717) is 27.9 Å². The van der Waals surface area contributed by atoms with E-state index >= 15 is 0 Å². The molecular formula is C24H21F3N6O4.